The minimum atomic E-state index is 0.0578. The van der Waals surface area contributed by atoms with Gasteiger partial charge in [-0.25, -0.2) is 0 Å². The lowest BCUT2D eigenvalue weighted by Gasteiger charge is -2.10. The summed E-state index contributed by atoms with van der Waals surface area (Å²) in [6.07, 6.45) is 3.10. The number of rotatable bonds is 3. The largest absolute Gasteiger partial charge is 0.352 e. The third-order valence-electron chi connectivity index (χ3n) is 2.49. The molecule has 4 nitrogen and oxygen atoms in total. The van der Waals surface area contributed by atoms with Crippen LogP contribution in [0.1, 0.15) is 12.1 Å². The Morgan fingerprint density at radius 2 is 2.53 bits per heavy atom. The number of hydrogen-bond acceptors (Lipinski definition) is 3. The molecule has 2 N–H and O–H groups in total. The van der Waals surface area contributed by atoms with Gasteiger partial charge in [0.05, 0.1) is 6.42 Å². The molecule has 1 aromatic heterocycles. The first kappa shape index (κ1) is 10.1. The van der Waals surface area contributed by atoms with Crippen LogP contribution < -0.4 is 10.6 Å². The molecule has 0 aromatic carbocycles. The third kappa shape index (κ3) is 3.02. The van der Waals surface area contributed by atoms with Crippen molar-refractivity contribution in [3.8, 4) is 0 Å². The highest BCUT2D eigenvalue weighted by Gasteiger charge is 2.16. The average molecular weight is 205 g/mol. The lowest BCUT2D eigenvalue weighted by Crippen LogP contribution is -2.37. The molecule has 0 saturated carbocycles. The summed E-state index contributed by atoms with van der Waals surface area (Å²) in [5.41, 5.74) is 0.820. The van der Waals surface area contributed by atoms with Crippen LogP contribution in [0, 0.1) is 0 Å². The van der Waals surface area contributed by atoms with Gasteiger partial charge in [-0.15, -0.1) is 0 Å². The fraction of sp³-hybridized carbons (Fsp3) is 0.455. The Labute approximate surface area is 89.1 Å². The van der Waals surface area contributed by atoms with E-state index in [-0.39, 0.29) is 5.91 Å². The Hall–Kier alpha value is -1.42. The lowest BCUT2D eigenvalue weighted by atomic mass is 10.2. The van der Waals surface area contributed by atoms with Crippen LogP contribution in [0.2, 0.25) is 0 Å². The molecular formula is C11H15N3O. The van der Waals surface area contributed by atoms with Crippen molar-refractivity contribution in [3.63, 3.8) is 0 Å². The molecule has 2 rings (SSSR count). The summed E-state index contributed by atoms with van der Waals surface area (Å²) >= 11 is 0. The normalized spacial score (nSPS) is 20.1. The average Bonchev–Trinajstić information content (AvgIpc) is 2.71. The van der Waals surface area contributed by atoms with E-state index in [1.807, 2.05) is 18.2 Å². The molecular weight excluding hydrogens is 190 g/mol. The van der Waals surface area contributed by atoms with E-state index in [0.29, 0.717) is 12.5 Å². The van der Waals surface area contributed by atoms with Crippen molar-refractivity contribution in [2.45, 2.75) is 18.9 Å². The van der Waals surface area contributed by atoms with E-state index in [0.717, 1.165) is 25.2 Å². The van der Waals surface area contributed by atoms with Crippen molar-refractivity contribution in [1.82, 2.24) is 15.6 Å². The van der Waals surface area contributed by atoms with Crippen molar-refractivity contribution in [2.24, 2.45) is 0 Å². The zero-order chi connectivity index (χ0) is 10.5. The molecule has 1 amide bonds. The molecule has 0 radical (unpaired) electrons. The SMILES string of the molecule is O=C(Cc1ccccn1)N[C@@H]1CCNC1. The van der Waals surface area contributed by atoms with Gasteiger partial charge in [0.15, 0.2) is 0 Å². The van der Waals surface area contributed by atoms with E-state index in [1.165, 1.54) is 0 Å². The fourth-order valence-electron chi connectivity index (χ4n) is 1.72. The van der Waals surface area contributed by atoms with Crippen molar-refractivity contribution >= 4 is 5.91 Å². The summed E-state index contributed by atoms with van der Waals surface area (Å²) in [6, 6.07) is 5.91. The topological polar surface area (TPSA) is 54.0 Å². The van der Waals surface area contributed by atoms with Gasteiger partial charge < -0.3 is 10.6 Å². The van der Waals surface area contributed by atoms with E-state index in [4.69, 9.17) is 0 Å². The van der Waals surface area contributed by atoms with Crippen LogP contribution in [0.25, 0.3) is 0 Å². The highest BCUT2D eigenvalue weighted by Crippen LogP contribution is 1.99. The summed E-state index contributed by atoms with van der Waals surface area (Å²) in [5, 5.41) is 6.20. The maximum atomic E-state index is 11.6. The lowest BCUT2D eigenvalue weighted by molar-refractivity contribution is -0.121. The van der Waals surface area contributed by atoms with Crippen LogP contribution in [0.4, 0.5) is 0 Å². The van der Waals surface area contributed by atoms with Crippen LogP contribution in [0.15, 0.2) is 24.4 Å². The Bertz CT molecular complexity index is 320. The van der Waals surface area contributed by atoms with Crippen LogP contribution in [0.3, 0.4) is 0 Å². The molecule has 2 heterocycles. The Morgan fingerprint density at radius 3 is 3.20 bits per heavy atom. The molecule has 0 spiro atoms. The molecule has 0 bridgehead atoms. The summed E-state index contributed by atoms with van der Waals surface area (Å²) < 4.78 is 0. The van der Waals surface area contributed by atoms with Gasteiger partial charge in [-0.2, -0.15) is 0 Å². The van der Waals surface area contributed by atoms with Crippen molar-refractivity contribution < 1.29 is 4.79 Å². The van der Waals surface area contributed by atoms with Crippen molar-refractivity contribution in [1.29, 1.82) is 0 Å². The molecule has 0 aliphatic carbocycles. The second-order valence-electron chi connectivity index (χ2n) is 3.76. The molecule has 15 heavy (non-hydrogen) atoms. The summed E-state index contributed by atoms with van der Waals surface area (Å²) in [4.78, 5) is 15.7. The summed E-state index contributed by atoms with van der Waals surface area (Å²) in [6.45, 7) is 1.88. The monoisotopic (exact) mass is 205 g/mol. The van der Waals surface area contributed by atoms with Gasteiger partial charge in [0.25, 0.3) is 0 Å². The van der Waals surface area contributed by atoms with Crippen LogP contribution >= 0.6 is 0 Å². The standard InChI is InChI=1S/C11H15N3O/c15-11(14-10-4-6-12-8-10)7-9-3-1-2-5-13-9/h1-3,5,10,12H,4,6-8H2,(H,14,15)/t10-/m1/s1. The second-order valence-corrected chi connectivity index (χ2v) is 3.76. The minimum Gasteiger partial charge on any atom is -0.352 e. The molecule has 1 aliphatic rings. The number of hydrogen-bond donors (Lipinski definition) is 2. The number of pyridine rings is 1. The number of nitrogens with one attached hydrogen (secondary N) is 2. The van der Waals surface area contributed by atoms with Gasteiger partial charge in [-0.3, -0.25) is 9.78 Å². The van der Waals surface area contributed by atoms with E-state index < -0.39 is 0 Å². The number of carbonyl (C=O) groups excluding carboxylic acids is 1. The number of amides is 1. The van der Waals surface area contributed by atoms with Gasteiger partial charge in [0, 0.05) is 24.5 Å². The number of carbonyl (C=O) groups is 1. The zero-order valence-electron chi connectivity index (χ0n) is 8.57. The molecule has 1 atom stereocenters. The fourth-order valence-corrected chi connectivity index (χ4v) is 1.72. The Morgan fingerprint density at radius 1 is 1.60 bits per heavy atom. The first-order chi connectivity index (χ1) is 7.34. The smallest absolute Gasteiger partial charge is 0.226 e. The molecule has 4 heteroatoms. The first-order valence-corrected chi connectivity index (χ1v) is 5.24. The van der Waals surface area contributed by atoms with Crippen LogP contribution in [-0.4, -0.2) is 30.0 Å². The molecule has 1 aliphatic heterocycles. The van der Waals surface area contributed by atoms with E-state index in [9.17, 15) is 4.79 Å². The maximum Gasteiger partial charge on any atom is 0.226 e. The van der Waals surface area contributed by atoms with Gasteiger partial charge >= 0.3 is 0 Å². The predicted molar refractivity (Wildman–Crippen MR) is 57.4 cm³/mol. The summed E-state index contributed by atoms with van der Waals surface area (Å²) in [7, 11) is 0. The number of nitrogens with zero attached hydrogens (tertiary/aromatic N) is 1. The second kappa shape index (κ2) is 4.89. The van der Waals surface area contributed by atoms with Crippen LogP contribution in [-0.2, 0) is 11.2 Å². The van der Waals surface area contributed by atoms with E-state index in [2.05, 4.69) is 15.6 Å². The molecule has 80 valence electrons. The molecule has 1 saturated heterocycles. The molecule has 1 aromatic rings. The first-order valence-electron chi connectivity index (χ1n) is 5.24. The Balaban J connectivity index is 1.82. The number of aromatic nitrogens is 1. The minimum absolute atomic E-state index is 0.0578. The van der Waals surface area contributed by atoms with Crippen molar-refractivity contribution in [2.75, 3.05) is 13.1 Å². The van der Waals surface area contributed by atoms with Crippen LogP contribution in [0.5, 0.6) is 0 Å². The zero-order valence-corrected chi connectivity index (χ0v) is 8.57. The predicted octanol–water partition coefficient (Wildman–Crippen LogP) is 0.102. The van der Waals surface area contributed by atoms with Gasteiger partial charge in [0.1, 0.15) is 0 Å². The summed E-state index contributed by atoms with van der Waals surface area (Å²) in [5.74, 6) is 0.0578. The molecule has 0 unspecified atom stereocenters. The molecule has 1 fully saturated rings. The quantitative estimate of drug-likeness (QED) is 0.736. The van der Waals surface area contributed by atoms with Crippen molar-refractivity contribution in [3.05, 3.63) is 30.1 Å². The maximum absolute atomic E-state index is 11.6. The van der Waals surface area contributed by atoms with Gasteiger partial charge in [0.2, 0.25) is 5.91 Å². The highest BCUT2D eigenvalue weighted by molar-refractivity contribution is 5.78. The highest BCUT2D eigenvalue weighted by atomic mass is 16.1. The van der Waals surface area contributed by atoms with E-state index >= 15 is 0 Å². The van der Waals surface area contributed by atoms with Gasteiger partial charge in [-0.1, -0.05) is 6.07 Å². The van der Waals surface area contributed by atoms with E-state index in [1.54, 1.807) is 6.20 Å². The third-order valence-corrected chi connectivity index (χ3v) is 2.49. The Kier molecular flexibility index (Phi) is 3.29. The van der Waals surface area contributed by atoms with Gasteiger partial charge in [-0.05, 0) is 25.1 Å².